The molecule has 1 aromatic rings. The van der Waals surface area contributed by atoms with Gasteiger partial charge in [0, 0.05) is 18.7 Å². The van der Waals surface area contributed by atoms with E-state index in [1.54, 1.807) is 14.1 Å². The third-order valence-electron chi connectivity index (χ3n) is 3.01. The summed E-state index contributed by atoms with van der Waals surface area (Å²) in [4.78, 5) is 1.17. The maximum atomic E-state index is 13.7. The molecule has 8 heteroatoms. The molecule has 1 rings (SSSR count). The molecule has 0 amide bonds. The van der Waals surface area contributed by atoms with Crippen LogP contribution in [-0.2, 0) is 10.0 Å². The van der Waals surface area contributed by atoms with Gasteiger partial charge in [0.25, 0.3) is 0 Å². The van der Waals surface area contributed by atoms with Crippen molar-refractivity contribution in [2.45, 2.75) is 24.8 Å². The van der Waals surface area contributed by atoms with E-state index < -0.39 is 38.3 Å². The largest absolute Gasteiger partial charge is 0.396 e. The maximum absolute atomic E-state index is 13.7. The third-order valence-corrected chi connectivity index (χ3v) is 4.52. The molecule has 0 bridgehead atoms. The molecule has 0 radical (unpaired) electrons. The first-order chi connectivity index (χ1) is 9.54. The van der Waals surface area contributed by atoms with Gasteiger partial charge in [-0.1, -0.05) is 13.8 Å². The first-order valence-electron chi connectivity index (χ1n) is 6.46. The summed E-state index contributed by atoms with van der Waals surface area (Å²) in [5.74, 6) is -2.15. The number of benzene rings is 1. The van der Waals surface area contributed by atoms with Gasteiger partial charge in [-0.05, 0) is 26.1 Å². The minimum Gasteiger partial charge on any atom is -0.396 e. The van der Waals surface area contributed by atoms with Crippen molar-refractivity contribution in [3.8, 4) is 0 Å². The van der Waals surface area contributed by atoms with Gasteiger partial charge < -0.3 is 10.6 Å². The lowest BCUT2D eigenvalue weighted by atomic mass is 10.1. The zero-order valence-electron chi connectivity index (χ0n) is 12.5. The Balaban J connectivity index is 3.13. The van der Waals surface area contributed by atoms with Gasteiger partial charge in [-0.25, -0.2) is 21.9 Å². The smallest absolute Gasteiger partial charge is 0.243 e. The third kappa shape index (κ3) is 4.62. The number of likely N-dealkylation sites (N-methyl/N-ethyl adjacent to an activating group) is 1. The second kappa shape index (κ2) is 6.67. The summed E-state index contributed by atoms with van der Waals surface area (Å²) in [7, 11) is -0.507. The number of hydrogen-bond donors (Lipinski definition) is 2. The van der Waals surface area contributed by atoms with Crippen LogP contribution in [0.25, 0.3) is 0 Å². The van der Waals surface area contributed by atoms with Crippen molar-refractivity contribution < 1.29 is 17.2 Å². The zero-order chi connectivity index (χ0) is 16.4. The molecule has 0 spiro atoms. The minimum absolute atomic E-state index is 0.00281. The molecule has 3 N–H and O–H groups in total. The van der Waals surface area contributed by atoms with Crippen LogP contribution in [0.3, 0.4) is 0 Å². The lowest BCUT2D eigenvalue weighted by Gasteiger charge is -2.25. The van der Waals surface area contributed by atoms with Crippen LogP contribution in [0.2, 0.25) is 0 Å². The summed E-state index contributed by atoms with van der Waals surface area (Å²) in [5.41, 5.74) is 4.90. The Morgan fingerprint density at radius 2 is 1.81 bits per heavy atom. The number of nitrogen functional groups attached to an aromatic ring is 1. The average molecular weight is 321 g/mol. The van der Waals surface area contributed by atoms with Crippen molar-refractivity contribution in [2.24, 2.45) is 5.92 Å². The van der Waals surface area contributed by atoms with E-state index in [0.717, 1.165) is 6.07 Å². The highest BCUT2D eigenvalue weighted by atomic mass is 32.2. The Bertz CT molecular complexity index is 604. The number of halogens is 2. The van der Waals surface area contributed by atoms with E-state index in [9.17, 15) is 17.2 Å². The molecule has 0 aromatic heterocycles. The highest BCUT2D eigenvalue weighted by Gasteiger charge is 2.26. The summed E-state index contributed by atoms with van der Waals surface area (Å²) in [6.07, 6.45) is 0. The number of nitrogens with one attached hydrogen (secondary N) is 1. The first kappa shape index (κ1) is 17.8. The molecule has 1 unspecified atom stereocenters. The topological polar surface area (TPSA) is 75.4 Å². The van der Waals surface area contributed by atoms with Crippen LogP contribution in [0.4, 0.5) is 14.5 Å². The zero-order valence-corrected chi connectivity index (χ0v) is 13.3. The molecular weight excluding hydrogens is 300 g/mol. The Hall–Kier alpha value is -1.25. The molecule has 21 heavy (non-hydrogen) atoms. The molecule has 1 aromatic carbocycles. The molecule has 5 nitrogen and oxygen atoms in total. The van der Waals surface area contributed by atoms with Gasteiger partial charge in [-0.15, -0.1) is 0 Å². The Labute approximate surface area is 124 Å². The van der Waals surface area contributed by atoms with E-state index in [2.05, 4.69) is 4.72 Å². The summed E-state index contributed by atoms with van der Waals surface area (Å²) in [5, 5.41) is 0. The minimum atomic E-state index is -4.12. The van der Waals surface area contributed by atoms with Crippen LogP contribution >= 0.6 is 0 Å². The number of nitrogens with two attached hydrogens (primary N) is 1. The fourth-order valence-corrected chi connectivity index (χ4v) is 3.26. The fourth-order valence-electron chi connectivity index (χ4n) is 1.79. The van der Waals surface area contributed by atoms with Crippen molar-refractivity contribution >= 4 is 15.7 Å². The summed E-state index contributed by atoms with van der Waals surface area (Å²) in [6.45, 7) is 4.16. The molecule has 0 aliphatic heterocycles. The second-order valence-corrected chi connectivity index (χ2v) is 7.22. The lowest BCUT2D eigenvalue weighted by Crippen LogP contribution is -2.45. The van der Waals surface area contributed by atoms with Gasteiger partial charge in [0.1, 0.15) is 16.5 Å². The average Bonchev–Trinajstić information content (AvgIpc) is 2.31. The van der Waals surface area contributed by atoms with E-state index in [0.29, 0.717) is 12.6 Å². The molecular formula is C13H21F2N3O2S. The van der Waals surface area contributed by atoms with Crippen LogP contribution in [0.1, 0.15) is 13.8 Å². The first-order valence-corrected chi connectivity index (χ1v) is 7.94. The number of hydrogen-bond acceptors (Lipinski definition) is 4. The van der Waals surface area contributed by atoms with E-state index in [-0.39, 0.29) is 5.92 Å². The van der Waals surface area contributed by atoms with Crippen molar-refractivity contribution in [1.82, 2.24) is 9.62 Å². The van der Waals surface area contributed by atoms with Crippen LogP contribution in [0.5, 0.6) is 0 Å². The monoisotopic (exact) mass is 321 g/mol. The quantitative estimate of drug-likeness (QED) is 0.777. The number of anilines is 1. The van der Waals surface area contributed by atoms with E-state index in [1.165, 1.54) is 0 Å². The van der Waals surface area contributed by atoms with Gasteiger partial charge in [-0.2, -0.15) is 0 Å². The molecule has 0 aliphatic rings. The van der Waals surface area contributed by atoms with Gasteiger partial charge in [0.05, 0.1) is 5.69 Å². The van der Waals surface area contributed by atoms with Gasteiger partial charge >= 0.3 is 0 Å². The molecule has 0 saturated carbocycles. The van der Waals surface area contributed by atoms with E-state index in [4.69, 9.17) is 5.73 Å². The predicted molar refractivity (Wildman–Crippen MR) is 78.3 cm³/mol. The summed E-state index contributed by atoms with van der Waals surface area (Å²) >= 11 is 0. The van der Waals surface area contributed by atoms with Crippen molar-refractivity contribution in [3.63, 3.8) is 0 Å². The van der Waals surface area contributed by atoms with Crippen LogP contribution < -0.4 is 10.5 Å². The Kier molecular flexibility index (Phi) is 5.66. The normalized spacial score (nSPS) is 13.9. The van der Waals surface area contributed by atoms with Gasteiger partial charge in [0.15, 0.2) is 0 Å². The SMILES string of the molecule is CC(C)C(CN(C)C)NS(=O)(=O)c1cc(N)c(F)cc1F. The molecule has 0 aliphatic carbocycles. The molecule has 1 atom stereocenters. The standard InChI is InChI=1S/C13H21F2N3O2S/c1-8(2)12(7-18(3)4)17-21(19,20)13-6-11(16)9(14)5-10(13)15/h5-6,8,12,17H,7,16H2,1-4H3. The lowest BCUT2D eigenvalue weighted by molar-refractivity contribution is 0.314. The van der Waals surface area contributed by atoms with Gasteiger partial charge in [0.2, 0.25) is 10.0 Å². The molecule has 0 saturated heterocycles. The van der Waals surface area contributed by atoms with E-state index in [1.807, 2.05) is 18.7 Å². The molecule has 0 fully saturated rings. The van der Waals surface area contributed by atoms with E-state index >= 15 is 0 Å². The Morgan fingerprint density at radius 3 is 2.29 bits per heavy atom. The second-order valence-electron chi connectivity index (χ2n) is 5.54. The number of sulfonamides is 1. The number of rotatable bonds is 6. The summed E-state index contributed by atoms with van der Waals surface area (Å²) in [6, 6.07) is 0.857. The summed E-state index contributed by atoms with van der Waals surface area (Å²) < 4.78 is 53.8. The van der Waals surface area contributed by atoms with Crippen molar-refractivity contribution in [1.29, 1.82) is 0 Å². The van der Waals surface area contributed by atoms with Crippen molar-refractivity contribution in [2.75, 3.05) is 26.4 Å². The van der Waals surface area contributed by atoms with Crippen LogP contribution in [0.15, 0.2) is 17.0 Å². The molecule has 0 heterocycles. The van der Waals surface area contributed by atoms with Gasteiger partial charge in [-0.3, -0.25) is 0 Å². The highest BCUT2D eigenvalue weighted by molar-refractivity contribution is 7.89. The van der Waals surface area contributed by atoms with Crippen molar-refractivity contribution in [3.05, 3.63) is 23.8 Å². The highest BCUT2D eigenvalue weighted by Crippen LogP contribution is 2.21. The maximum Gasteiger partial charge on any atom is 0.243 e. The number of nitrogens with zero attached hydrogens (tertiary/aromatic N) is 1. The molecule has 120 valence electrons. The Morgan fingerprint density at radius 1 is 1.24 bits per heavy atom. The fraction of sp³-hybridized carbons (Fsp3) is 0.538. The van der Waals surface area contributed by atoms with Crippen LogP contribution in [0, 0.1) is 17.6 Å². The predicted octanol–water partition coefficient (Wildman–Crippen LogP) is 1.41. The van der Waals surface area contributed by atoms with Crippen LogP contribution in [-0.4, -0.2) is 40.0 Å².